The van der Waals surface area contributed by atoms with Crippen LogP contribution in [-0.4, -0.2) is 36.5 Å². The molecule has 0 spiro atoms. The molecule has 4 heteroatoms. The lowest BCUT2D eigenvalue weighted by Gasteiger charge is -2.22. The van der Waals surface area contributed by atoms with Crippen molar-refractivity contribution >= 4 is 5.91 Å². The number of ether oxygens (including phenoxy) is 1. The van der Waals surface area contributed by atoms with Gasteiger partial charge in [-0.1, -0.05) is 32.9 Å². The third kappa shape index (κ3) is 5.31. The van der Waals surface area contributed by atoms with Crippen molar-refractivity contribution in [1.29, 1.82) is 0 Å². The zero-order valence-electron chi connectivity index (χ0n) is 15.9. The third-order valence-corrected chi connectivity index (χ3v) is 4.40. The molecule has 2 aromatic rings. The number of pyridine rings is 1. The Bertz CT molecular complexity index is 706. The molecule has 0 aliphatic rings. The van der Waals surface area contributed by atoms with Gasteiger partial charge in [-0.05, 0) is 41.2 Å². The number of rotatable bonds is 6. The summed E-state index contributed by atoms with van der Waals surface area (Å²) in [6, 6.07) is 10.1. The zero-order chi connectivity index (χ0) is 18.4. The maximum Gasteiger partial charge on any atom is 0.226 e. The number of benzene rings is 1. The maximum atomic E-state index is 12.6. The second-order valence-corrected chi connectivity index (χ2v) is 7.37. The van der Waals surface area contributed by atoms with Crippen LogP contribution in [0.1, 0.15) is 37.5 Å². The number of aromatic nitrogens is 1. The molecule has 0 fully saturated rings. The molecule has 0 bridgehead atoms. The van der Waals surface area contributed by atoms with E-state index in [2.05, 4.69) is 37.9 Å². The molecule has 1 aromatic heterocycles. The molecule has 0 unspecified atom stereocenters. The number of nitrogens with zero attached hydrogens (tertiary/aromatic N) is 2. The van der Waals surface area contributed by atoms with Gasteiger partial charge in [0, 0.05) is 31.5 Å². The number of hydrogen-bond donors (Lipinski definition) is 0. The first-order chi connectivity index (χ1) is 11.8. The van der Waals surface area contributed by atoms with Crippen LogP contribution in [0.25, 0.3) is 0 Å². The van der Waals surface area contributed by atoms with E-state index in [-0.39, 0.29) is 11.3 Å². The quantitative estimate of drug-likeness (QED) is 0.806. The predicted molar refractivity (Wildman–Crippen MR) is 101 cm³/mol. The first-order valence-corrected chi connectivity index (χ1v) is 8.61. The van der Waals surface area contributed by atoms with E-state index in [4.69, 9.17) is 4.74 Å². The summed E-state index contributed by atoms with van der Waals surface area (Å²) in [6.45, 7) is 7.19. The minimum absolute atomic E-state index is 0.0390. The summed E-state index contributed by atoms with van der Waals surface area (Å²) < 4.78 is 5.45. The highest BCUT2D eigenvalue weighted by molar-refractivity contribution is 5.79. The average molecular weight is 340 g/mol. The Labute approximate surface area is 150 Å². The third-order valence-electron chi connectivity index (χ3n) is 4.40. The highest BCUT2D eigenvalue weighted by atomic mass is 16.5. The molecule has 4 nitrogen and oxygen atoms in total. The van der Waals surface area contributed by atoms with Crippen LogP contribution in [0.4, 0.5) is 0 Å². The van der Waals surface area contributed by atoms with Gasteiger partial charge < -0.3 is 9.64 Å². The number of amides is 1. The number of hydrogen-bond acceptors (Lipinski definition) is 3. The second kappa shape index (κ2) is 8.15. The fraction of sp³-hybridized carbons (Fsp3) is 0.429. The molecular weight excluding hydrogens is 312 g/mol. The summed E-state index contributed by atoms with van der Waals surface area (Å²) >= 11 is 0. The van der Waals surface area contributed by atoms with Crippen molar-refractivity contribution in [2.75, 3.05) is 20.7 Å². The van der Waals surface area contributed by atoms with Crippen LogP contribution in [0.5, 0.6) is 5.75 Å². The van der Waals surface area contributed by atoms with Crippen LogP contribution in [-0.2, 0) is 23.1 Å². The Morgan fingerprint density at radius 3 is 2.44 bits per heavy atom. The van der Waals surface area contributed by atoms with E-state index < -0.39 is 0 Å². The predicted octanol–water partition coefficient (Wildman–Crippen LogP) is 3.63. The van der Waals surface area contributed by atoms with Crippen LogP contribution in [0.3, 0.4) is 0 Å². The monoisotopic (exact) mass is 340 g/mol. The Balaban J connectivity index is 2.05. The molecule has 1 heterocycles. The minimum atomic E-state index is 0.0390. The molecule has 0 radical (unpaired) electrons. The number of carbonyl (C=O) groups excluding carboxylic acids is 1. The zero-order valence-corrected chi connectivity index (χ0v) is 15.9. The second-order valence-electron chi connectivity index (χ2n) is 7.37. The van der Waals surface area contributed by atoms with Gasteiger partial charge in [0.25, 0.3) is 0 Å². The van der Waals surface area contributed by atoms with E-state index in [0.29, 0.717) is 13.0 Å². The number of methoxy groups -OCH3 is 1. The largest absolute Gasteiger partial charge is 0.496 e. The molecule has 134 valence electrons. The van der Waals surface area contributed by atoms with Crippen molar-refractivity contribution < 1.29 is 9.53 Å². The normalized spacial score (nSPS) is 11.2. The summed E-state index contributed by atoms with van der Waals surface area (Å²) in [5, 5.41) is 0. The first kappa shape index (κ1) is 19.0. The molecule has 1 amide bonds. The van der Waals surface area contributed by atoms with E-state index in [1.807, 2.05) is 25.2 Å². The molecule has 25 heavy (non-hydrogen) atoms. The number of carbonyl (C=O) groups is 1. The summed E-state index contributed by atoms with van der Waals surface area (Å²) in [4.78, 5) is 18.4. The standard InChI is InChI=1S/C21H28N2O2/c1-21(2,3)18-6-7-19(25-5)17(14-18)15-20(24)23(4)13-10-16-8-11-22-12-9-16/h6-9,11-12,14H,10,13,15H2,1-5H3. The van der Waals surface area contributed by atoms with Gasteiger partial charge in [0.2, 0.25) is 5.91 Å². The lowest BCUT2D eigenvalue weighted by atomic mass is 9.85. The van der Waals surface area contributed by atoms with Gasteiger partial charge in [-0.2, -0.15) is 0 Å². The van der Waals surface area contributed by atoms with Crippen molar-refractivity contribution in [2.24, 2.45) is 0 Å². The minimum Gasteiger partial charge on any atom is -0.496 e. The Morgan fingerprint density at radius 2 is 1.84 bits per heavy atom. The van der Waals surface area contributed by atoms with Crippen molar-refractivity contribution in [2.45, 2.75) is 39.0 Å². The molecule has 2 rings (SSSR count). The maximum absolute atomic E-state index is 12.6. The van der Waals surface area contributed by atoms with Gasteiger partial charge in [0.15, 0.2) is 0 Å². The molecule has 1 aromatic carbocycles. The van der Waals surface area contributed by atoms with Gasteiger partial charge in [-0.15, -0.1) is 0 Å². The Morgan fingerprint density at radius 1 is 1.16 bits per heavy atom. The smallest absolute Gasteiger partial charge is 0.226 e. The lowest BCUT2D eigenvalue weighted by molar-refractivity contribution is -0.129. The summed E-state index contributed by atoms with van der Waals surface area (Å²) in [7, 11) is 3.50. The molecule has 0 saturated heterocycles. The van der Waals surface area contributed by atoms with Crippen LogP contribution >= 0.6 is 0 Å². The van der Waals surface area contributed by atoms with Gasteiger partial charge >= 0.3 is 0 Å². The Hall–Kier alpha value is -2.36. The fourth-order valence-corrected chi connectivity index (χ4v) is 2.65. The summed E-state index contributed by atoms with van der Waals surface area (Å²) in [5.41, 5.74) is 3.37. The van der Waals surface area contributed by atoms with Gasteiger partial charge in [-0.3, -0.25) is 9.78 Å². The van der Waals surface area contributed by atoms with E-state index in [0.717, 1.165) is 17.7 Å². The lowest BCUT2D eigenvalue weighted by Crippen LogP contribution is -2.30. The molecule has 0 saturated carbocycles. The van der Waals surface area contributed by atoms with Crippen molar-refractivity contribution in [3.63, 3.8) is 0 Å². The summed E-state index contributed by atoms with van der Waals surface area (Å²) in [5.74, 6) is 0.863. The first-order valence-electron chi connectivity index (χ1n) is 8.61. The van der Waals surface area contributed by atoms with Gasteiger partial charge in [-0.25, -0.2) is 0 Å². The van der Waals surface area contributed by atoms with Crippen LogP contribution < -0.4 is 4.74 Å². The topological polar surface area (TPSA) is 42.4 Å². The van der Waals surface area contributed by atoms with Gasteiger partial charge in [0.1, 0.15) is 5.75 Å². The van der Waals surface area contributed by atoms with Crippen molar-refractivity contribution in [3.8, 4) is 5.75 Å². The summed E-state index contributed by atoms with van der Waals surface area (Å²) in [6.07, 6.45) is 4.73. The Kier molecular flexibility index (Phi) is 6.18. The van der Waals surface area contributed by atoms with Crippen LogP contribution in [0.15, 0.2) is 42.7 Å². The van der Waals surface area contributed by atoms with Gasteiger partial charge in [0.05, 0.1) is 13.5 Å². The molecule has 0 aliphatic carbocycles. The number of likely N-dealkylation sites (N-methyl/N-ethyl adjacent to an activating group) is 1. The van der Waals surface area contributed by atoms with Crippen LogP contribution in [0, 0.1) is 0 Å². The molecular formula is C21H28N2O2. The van der Waals surface area contributed by atoms with Crippen LogP contribution in [0.2, 0.25) is 0 Å². The van der Waals surface area contributed by atoms with E-state index >= 15 is 0 Å². The molecule has 0 atom stereocenters. The highest BCUT2D eigenvalue weighted by Crippen LogP contribution is 2.28. The molecule has 0 aliphatic heterocycles. The van der Waals surface area contributed by atoms with E-state index in [9.17, 15) is 4.79 Å². The molecule has 0 N–H and O–H groups in total. The van der Waals surface area contributed by atoms with Crippen molar-refractivity contribution in [3.05, 3.63) is 59.4 Å². The average Bonchev–Trinajstić information content (AvgIpc) is 2.59. The van der Waals surface area contributed by atoms with E-state index in [1.165, 1.54) is 11.1 Å². The highest BCUT2D eigenvalue weighted by Gasteiger charge is 2.18. The van der Waals surface area contributed by atoms with E-state index in [1.54, 1.807) is 24.4 Å². The SMILES string of the molecule is COc1ccc(C(C)(C)C)cc1CC(=O)N(C)CCc1ccncc1. The van der Waals surface area contributed by atoms with Crippen molar-refractivity contribution in [1.82, 2.24) is 9.88 Å². The fourth-order valence-electron chi connectivity index (χ4n) is 2.65.